The number of rotatable bonds is 15. The van der Waals surface area contributed by atoms with Crippen LogP contribution in [0.25, 0.3) is 0 Å². The molecule has 0 saturated carbocycles. The summed E-state index contributed by atoms with van der Waals surface area (Å²) in [6.07, 6.45) is 3.72. The van der Waals surface area contributed by atoms with E-state index in [-0.39, 0.29) is 58.7 Å². The van der Waals surface area contributed by atoms with Crippen molar-refractivity contribution in [2.45, 2.75) is 25.7 Å². The summed E-state index contributed by atoms with van der Waals surface area (Å²) < 4.78 is 10.6. The second-order valence-electron chi connectivity index (χ2n) is 10.3. The molecule has 4 rings (SSSR count). The van der Waals surface area contributed by atoms with Crippen LogP contribution < -0.4 is 20.3 Å². The molecule has 16 nitrogen and oxygen atoms in total. The Balaban J connectivity index is 1.14. The fourth-order valence-electron chi connectivity index (χ4n) is 4.18. The van der Waals surface area contributed by atoms with E-state index in [2.05, 4.69) is 21.1 Å². The highest BCUT2D eigenvalue weighted by atomic mass is 16.6. The molecule has 16 heteroatoms. The van der Waals surface area contributed by atoms with Gasteiger partial charge in [-0.2, -0.15) is 10.2 Å². The van der Waals surface area contributed by atoms with Gasteiger partial charge in [-0.25, -0.2) is 20.4 Å². The van der Waals surface area contributed by atoms with Crippen LogP contribution in [0.4, 0.5) is 11.4 Å². The second-order valence-corrected chi connectivity index (χ2v) is 10.3. The van der Waals surface area contributed by atoms with Crippen molar-refractivity contribution >= 4 is 47.6 Å². The highest BCUT2D eigenvalue weighted by Crippen LogP contribution is 2.19. The highest BCUT2D eigenvalue weighted by molar-refractivity contribution is 5.93. The molecule has 2 N–H and O–H groups in total. The third kappa shape index (κ3) is 11.3. The number of amides is 2. The Bertz CT molecular complexity index is 1840. The Morgan fingerprint density at radius 2 is 1.00 bits per heavy atom. The van der Waals surface area contributed by atoms with Crippen molar-refractivity contribution in [3.63, 3.8) is 0 Å². The number of nitro benzene ring substituents is 2. The first-order valence-electron chi connectivity index (χ1n) is 14.8. The zero-order chi connectivity index (χ0) is 35.9. The lowest BCUT2D eigenvalue weighted by Crippen LogP contribution is -2.19. The topological polar surface area (TPSA) is 222 Å². The van der Waals surface area contributed by atoms with Crippen molar-refractivity contribution in [1.29, 1.82) is 0 Å². The van der Waals surface area contributed by atoms with Crippen LogP contribution in [0.5, 0.6) is 11.5 Å². The zero-order valence-electron chi connectivity index (χ0n) is 26.1. The summed E-state index contributed by atoms with van der Waals surface area (Å²) in [5.41, 5.74) is 5.35. The number of hydrogen-bond donors (Lipinski definition) is 2. The third-order valence-corrected chi connectivity index (χ3v) is 6.59. The van der Waals surface area contributed by atoms with Crippen LogP contribution in [0.3, 0.4) is 0 Å². The maximum Gasteiger partial charge on any atom is 0.343 e. The number of hydrogen-bond acceptors (Lipinski definition) is 12. The van der Waals surface area contributed by atoms with Crippen LogP contribution in [0.15, 0.2) is 107 Å². The number of nitrogens with one attached hydrogen (secondary N) is 2. The molecule has 0 heterocycles. The molecule has 4 aromatic carbocycles. The maximum atomic E-state index is 12.4. The summed E-state index contributed by atoms with van der Waals surface area (Å²) in [5, 5.41) is 29.7. The molecule has 4 aromatic rings. The summed E-state index contributed by atoms with van der Waals surface area (Å²) in [6, 6.07) is 22.9. The molecule has 50 heavy (non-hydrogen) atoms. The van der Waals surface area contributed by atoms with Gasteiger partial charge < -0.3 is 9.47 Å². The Labute approximate surface area is 283 Å². The predicted octanol–water partition coefficient (Wildman–Crippen LogP) is 5.10. The molecule has 0 aliphatic carbocycles. The van der Waals surface area contributed by atoms with Gasteiger partial charge in [0.05, 0.1) is 33.4 Å². The standard InChI is InChI=1S/C34H28N6O10/c41-31(37-35-21-23-7-3-13-29(17-23)49-33(43)25-9-5-11-27(19-25)39(45)46)15-1-2-16-32(42)38-36-22-24-8-4-14-30(18-24)50-34(44)26-10-6-12-28(20-26)40(47)48/h3-14,17-22H,1-2,15-16H2,(H,37,41)(H,38,42). The molecule has 254 valence electrons. The maximum absolute atomic E-state index is 12.4. The second kappa shape index (κ2) is 17.7. The molecule has 2 amide bonds. The van der Waals surface area contributed by atoms with E-state index in [0.717, 1.165) is 12.1 Å². The van der Waals surface area contributed by atoms with E-state index in [0.29, 0.717) is 24.0 Å². The number of nitrogens with zero attached hydrogens (tertiary/aromatic N) is 4. The summed E-state index contributed by atoms with van der Waals surface area (Å²) in [7, 11) is 0. The van der Waals surface area contributed by atoms with Gasteiger partial charge in [0.25, 0.3) is 11.4 Å². The number of non-ortho nitro benzene ring substituents is 2. The fourth-order valence-corrected chi connectivity index (χ4v) is 4.18. The summed E-state index contributed by atoms with van der Waals surface area (Å²) in [6.45, 7) is 0. The van der Waals surface area contributed by atoms with Crippen LogP contribution in [0, 0.1) is 20.2 Å². The van der Waals surface area contributed by atoms with E-state index in [1.165, 1.54) is 73.1 Å². The molecular formula is C34H28N6O10. The first kappa shape index (κ1) is 35.7. The third-order valence-electron chi connectivity index (χ3n) is 6.59. The Morgan fingerprint density at radius 1 is 0.600 bits per heavy atom. The van der Waals surface area contributed by atoms with Gasteiger partial charge in [-0.3, -0.25) is 29.8 Å². The number of esters is 2. The van der Waals surface area contributed by atoms with Gasteiger partial charge in [-0.15, -0.1) is 0 Å². The van der Waals surface area contributed by atoms with Crippen molar-refractivity contribution in [1.82, 2.24) is 10.9 Å². The molecule has 0 aromatic heterocycles. The van der Waals surface area contributed by atoms with E-state index < -0.39 is 21.8 Å². The molecule has 0 atom stereocenters. The van der Waals surface area contributed by atoms with E-state index in [1.54, 1.807) is 24.3 Å². The Kier molecular flexibility index (Phi) is 12.7. The first-order chi connectivity index (χ1) is 24.1. The molecule has 0 saturated heterocycles. The first-order valence-corrected chi connectivity index (χ1v) is 14.8. The van der Waals surface area contributed by atoms with Crippen molar-refractivity contribution in [2.24, 2.45) is 10.2 Å². The molecule has 0 unspecified atom stereocenters. The molecule has 0 fully saturated rings. The monoisotopic (exact) mass is 680 g/mol. The number of benzene rings is 4. The SMILES string of the molecule is O=C(CCCCC(=O)NN=Cc1cccc(OC(=O)c2cccc([N+](=O)[O-])c2)c1)NN=Cc1cccc(OC(=O)c2cccc([N+](=O)[O-])c2)c1. The van der Waals surface area contributed by atoms with Crippen molar-refractivity contribution in [3.8, 4) is 11.5 Å². The van der Waals surface area contributed by atoms with Gasteiger partial charge in [-0.1, -0.05) is 36.4 Å². The lowest BCUT2D eigenvalue weighted by molar-refractivity contribution is -0.385. The normalized spacial score (nSPS) is 10.8. The number of hydrazone groups is 2. The van der Waals surface area contributed by atoms with Gasteiger partial charge in [0.1, 0.15) is 11.5 Å². The number of unbranched alkanes of at least 4 members (excludes halogenated alkanes) is 1. The number of carbonyl (C=O) groups excluding carboxylic acids is 4. The van der Waals surface area contributed by atoms with Gasteiger partial charge in [-0.05, 0) is 60.4 Å². The summed E-state index contributed by atoms with van der Waals surface area (Å²) in [4.78, 5) is 69.7. The fraction of sp³-hybridized carbons (Fsp3) is 0.118. The summed E-state index contributed by atoms with van der Waals surface area (Å²) in [5.74, 6) is -1.95. The summed E-state index contributed by atoms with van der Waals surface area (Å²) >= 11 is 0. The van der Waals surface area contributed by atoms with Crippen LogP contribution >= 0.6 is 0 Å². The average molecular weight is 681 g/mol. The van der Waals surface area contributed by atoms with Crippen molar-refractivity contribution in [2.75, 3.05) is 0 Å². The molecule has 0 aliphatic rings. The van der Waals surface area contributed by atoms with Crippen LogP contribution in [-0.4, -0.2) is 46.0 Å². The van der Waals surface area contributed by atoms with E-state index >= 15 is 0 Å². The smallest absolute Gasteiger partial charge is 0.343 e. The van der Waals surface area contributed by atoms with E-state index in [9.17, 15) is 39.4 Å². The quantitative estimate of drug-likeness (QED) is 0.0422. The van der Waals surface area contributed by atoms with Crippen LogP contribution in [-0.2, 0) is 9.59 Å². The number of ether oxygens (including phenoxy) is 2. The van der Waals surface area contributed by atoms with Crippen molar-refractivity contribution < 1.29 is 38.5 Å². The predicted molar refractivity (Wildman–Crippen MR) is 179 cm³/mol. The van der Waals surface area contributed by atoms with Crippen LogP contribution in [0.1, 0.15) is 57.5 Å². The van der Waals surface area contributed by atoms with E-state index in [1.807, 2.05) is 0 Å². The van der Waals surface area contributed by atoms with Gasteiger partial charge in [0.2, 0.25) is 11.8 Å². The Morgan fingerprint density at radius 3 is 1.40 bits per heavy atom. The lowest BCUT2D eigenvalue weighted by atomic mass is 10.2. The molecule has 0 aliphatic heterocycles. The minimum atomic E-state index is -0.774. The minimum Gasteiger partial charge on any atom is -0.423 e. The van der Waals surface area contributed by atoms with E-state index in [4.69, 9.17) is 9.47 Å². The minimum absolute atomic E-state index is 0.0160. The number of nitro groups is 2. The van der Waals surface area contributed by atoms with Crippen molar-refractivity contribution in [3.05, 3.63) is 140 Å². The molecule has 0 radical (unpaired) electrons. The Hall–Kier alpha value is -7.10. The van der Waals surface area contributed by atoms with Gasteiger partial charge in [0.15, 0.2) is 0 Å². The van der Waals surface area contributed by atoms with Gasteiger partial charge >= 0.3 is 11.9 Å². The zero-order valence-corrected chi connectivity index (χ0v) is 26.1. The molecule has 0 bridgehead atoms. The van der Waals surface area contributed by atoms with Gasteiger partial charge in [0, 0.05) is 37.1 Å². The number of carbonyl (C=O) groups is 4. The van der Waals surface area contributed by atoms with Crippen LogP contribution in [0.2, 0.25) is 0 Å². The lowest BCUT2D eigenvalue weighted by Gasteiger charge is -2.05. The largest absolute Gasteiger partial charge is 0.423 e. The highest BCUT2D eigenvalue weighted by Gasteiger charge is 2.15. The molecular weight excluding hydrogens is 652 g/mol. The average Bonchev–Trinajstić information content (AvgIpc) is 3.10. The molecule has 0 spiro atoms.